The first-order valence-electron chi connectivity index (χ1n) is 6.31. The van der Waals surface area contributed by atoms with Crippen molar-refractivity contribution in [3.8, 4) is 0 Å². The molecule has 0 fully saturated rings. The Morgan fingerprint density at radius 3 is 2.77 bits per heavy atom. The number of thioether (sulfide) groups is 1. The van der Waals surface area contributed by atoms with E-state index in [1.165, 1.54) is 22.5 Å². The summed E-state index contributed by atoms with van der Waals surface area (Å²) < 4.78 is 4.47. The highest BCUT2D eigenvalue weighted by atomic mass is 32.2. The number of carbonyl (C=O) groups is 1. The summed E-state index contributed by atoms with van der Waals surface area (Å²) in [6, 6.07) is 8.37. The first-order valence-corrected chi connectivity index (χ1v) is 8.95. The second-order valence-corrected chi connectivity index (χ2v) is 7.20. The molecule has 0 radical (unpaired) electrons. The fraction of sp³-hybridized carbons (Fsp3) is 0.154. The van der Waals surface area contributed by atoms with Crippen molar-refractivity contribution in [2.45, 2.75) is 17.0 Å². The molecule has 22 heavy (non-hydrogen) atoms. The van der Waals surface area contributed by atoms with Crippen LogP contribution in [0.4, 0.5) is 5.13 Å². The fourth-order valence-corrected chi connectivity index (χ4v) is 3.71. The molecule has 2 heterocycles. The molecule has 0 atom stereocenters. The highest BCUT2D eigenvalue weighted by molar-refractivity contribution is 8.00. The van der Waals surface area contributed by atoms with Crippen LogP contribution < -0.4 is 5.32 Å². The Balaban J connectivity index is 1.57. The standard InChI is InChI=1S/C13H11N5OS3/c1-8-2-4-9(5-3-8)6-20-13-17-16-12(22-13)14-11(19)10-7-21-18-15-10/h2-5,7H,6H2,1H3,(H,14,16,19). The van der Waals surface area contributed by atoms with Gasteiger partial charge in [0, 0.05) is 11.1 Å². The molecule has 3 aromatic rings. The van der Waals surface area contributed by atoms with Gasteiger partial charge in [-0.3, -0.25) is 10.1 Å². The topological polar surface area (TPSA) is 80.7 Å². The Morgan fingerprint density at radius 1 is 1.23 bits per heavy atom. The Hall–Kier alpha value is -1.84. The van der Waals surface area contributed by atoms with Crippen LogP contribution in [0.15, 0.2) is 34.0 Å². The van der Waals surface area contributed by atoms with Crippen LogP contribution in [0.1, 0.15) is 21.6 Å². The van der Waals surface area contributed by atoms with Gasteiger partial charge in [-0.1, -0.05) is 57.4 Å². The number of hydrogen-bond acceptors (Lipinski definition) is 8. The molecule has 112 valence electrons. The summed E-state index contributed by atoms with van der Waals surface area (Å²) in [4.78, 5) is 11.8. The van der Waals surface area contributed by atoms with E-state index >= 15 is 0 Å². The number of rotatable bonds is 5. The van der Waals surface area contributed by atoms with Crippen molar-refractivity contribution in [2.24, 2.45) is 0 Å². The van der Waals surface area contributed by atoms with Crippen LogP contribution in [-0.4, -0.2) is 25.7 Å². The normalized spacial score (nSPS) is 10.6. The van der Waals surface area contributed by atoms with E-state index in [1.54, 1.807) is 17.1 Å². The summed E-state index contributed by atoms with van der Waals surface area (Å²) >= 11 is 4.07. The van der Waals surface area contributed by atoms with Crippen LogP contribution in [0, 0.1) is 6.92 Å². The summed E-state index contributed by atoms with van der Waals surface area (Å²) in [5.74, 6) is 0.499. The molecule has 0 aliphatic rings. The average molecular weight is 349 g/mol. The first kappa shape index (κ1) is 15.1. The van der Waals surface area contributed by atoms with Crippen molar-refractivity contribution in [1.29, 1.82) is 0 Å². The SMILES string of the molecule is Cc1ccc(CSc2nnc(NC(=O)c3csnn3)s2)cc1. The third-order valence-corrected chi connectivity index (χ3v) is 5.25. The Morgan fingerprint density at radius 2 is 2.05 bits per heavy atom. The van der Waals surface area contributed by atoms with Crippen molar-refractivity contribution in [1.82, 2.24) is 19.8 Å². The van der Waals surface area contributed by atoms with E-state index in [0.717, 1.165) is 21.6 Å². The van der Waals surface area contributed by atoms with Gasteiger partial charge in [0.2, 0.25) is 5.13 Å². The number of nitrogens with one attached hydrogen (secondary N) is 1. The lowest BCUT2D eigenvalue weighted by Gasteiger charge is -1.99. The smallest absolute Gasteiger partial charge is 0.278 e. The lowest BCUT2D eigenvalue weighted by Crippen LogP contribution is -2.12. The molecule has 0 saturated carbocycles. The molecule has 0 unspecified atom stereocenters. The van der Waals surface area contributed by atoms with Crippen LogP contribution in [0.25, 0.3) is 0 Å². The predicted molar refractivity (Wildman–Crippen MR) is 88.5 cm³/mol. The second-order valence-electron chi connectivity index (χ2n) is 4.39. The van der Waals surface area contributed by atoms with Gasteiger partial charge in [0.05, 0.1) is 0 Å². The number of amides is 1. The van der Waals surface area contributed by atoms with Crippen LogP contribution >= 0.6 is 34.6 Å². The number of benzene rings is 1. The summed E-state index contributed by atoms with van der Waals surface area (Å²) in [6.45, 7) is 2.06. The monoisotopic (exact) mass is 349 g/mol. The summed E-state index contributed by atoms with van der Waals surface area (Å²) in [7, 11) is 0. The van der Waals surface area contributed by atoms with E-state index in [1.807, 2.05) is 0 Å². The molecule has 0 aliphatic carbocycles. The van der Waals surface area contributed by atoms with Gasteiger partial charge in [0.25, 0.3) is 5.91 Å². The Labute approximate surface area is 139 Å². The summed E-state index contributed by atoms with van der Waals surface area (Å²) in [5.41, 5.74) is 2.75. The van der Waals surface area contributed by atoms with Crippen molar-refractivity contribution < 1.29 is 4.79 Å². The van der Waals surface area contributed by atoms with Crippen molar-refractivity contribution >= 4 is 45.7 Å². The molecule has 2 aromatic heterocycles. The molecule has 3 rings (SSSR count). The van der Waals surface area contributed by atoms with Gasteiger partial charge < -0.3 is 0 Å². The zero-order valence-corrected chi connectivity index (χ0v) is 14.0. The zero-order chi connectivity index (χ0) is 15.4. The van der Waals surface area contributed by atoms with E-state index < -0.39 is 0 Å². The molecule has 0 aliphatic heterocycles. The number of hydrogen-bond donors (Lipinski definition) is 1. The summed E-state index contributed by atoms with van der Waals surface area (Å²) in [5, 5.41) is 16.5. The van der Waals surface area contributed by atoms with Crippen molar-refractivity contribution in [3.63, 3.8) is 0 Å². The molecule has 0 bridgehead atoms. The molecule has 1 N–H and O–H groups in total. The zero-order valence-electron chi connectivity index (χ0n) is 11.5. The van der Waals surface area contributed by atoms with E-state index in [2.05, 4.69) is 56.3 Å². The molecule has 9 heteroatoms. The van der Waals surface area contributed by atoms with E-state index in [9.17, 15) is 4.79 Å². The molecule has 0 saturated heterocycles. The maximum Gasteiger partial charge on any atom is 0.278 e. The number of nitrogens with zero attached hydrogens (tertiary/aromatic N) is 4. The van der Waals surface area contributed by atoms with Gasteiger partial charge in [-0.2, -0.15) is 0 Å². The van der Waals surface area contributed by atoms with E-state index in [0.29, 0.717) is 5.13 Å². The quantitative estimate of drug-likeness (QED) is 0.562. The molecular weight excluding hydrogens is 338 g/mol. The number of anilines is 1. The largest absolute Gasteiger partial charge is 0.295 e. The number of aromatic nitrogens is 4. The van der Waals surface area contributed by atoms with Crippen molar-refractivity contribution in [3.05, 3.63) is 46.5 Å². The molecular formula is C13H11N5OS3. The fourth-order valence-electron chi connectivity index (χ4n) is 1.57. The minimum Gasteiger partial charge on any atom is -0.295 e. The number of carbonyl (C=O) groups excluding carboxylic acids is 1. The first-order chi connectivity index (χ1) is 10.7. The van der Waals surface area contributed by atoms with Crippen molar-refractivity contribution in [2.75, 3.05) is 5.32 Å². The molecule has 1 aromatic carbocycles. The van der Waals surface area contributed by atoms with Gasteiger partial charge in [0.1, 0.15) is 0 Å². The van der Waals surface area contributed by atoms with E-state index in [-0.39, 0.29) is 11.6 Å². The average Bonchev–Trinajstić information content (AvgIpc) is 3.18. The van der Waals surface area contributed by atoms with Crippen LogP contribution in [0.2, 0.25) is 0 Å². The van der Waals surface area contributed by atoms with Gasteiger partial charge in [-0.25, -0.2) is 0 Å². The van der Waals surface area contributed by atoms with Crippen LogP contribution in [0.5, 0.6) is 0 Å². The third kappa shape index (κ3) is 3.87. The van der Waals surface area contributed by atoms with Gasteiger partial charge in [-0.05, 0) is 24.0 Å². The lowest BCUT2D eigenvalue weighted by atomic mass is 10.2. The lowest BCUT2D eigenvalue weighted by molar-refractivity contribution is 0.102. The second kappa shape index (κ2) is 6.95. The molecule has 6 nitrogen and oxygen atoms in total. The minimum atomic E-state index is -0.319. The highest BCUT2D eigenvalue weighted by Gasteiger charge is 2.12. The van der Waals surface area contributed by atoms with Gasteiger partial charge in [-0.15, -0.1) is 15.3 Å². The Kier molecular flexibility index (Phi) is 4.76. The maximum absolute atomic E-state index is 11.8. The molecule has 1 amide bonds. The van der Waals surface area contributed by atoms with Crippen LogP contribution in [-0.2, 0) is 5.75 Å². The minimum absolute atomic E-state index is 0.286. The maximum atomic E-state index is 11.8. The van der Waals surface area contributed by atoms with E-state index in [4.69, 9.17) is 0 Å². The molecule has 0 spiro atoms. The van der Waals surface area contributed by atoms with Gasteiger partial charge in [0.15, 0.2) is 10.0 Å². The Bertz CT molecular complexity index is 754. The van der Waals surface area contributed by atoms with Crippen LogP contribution in [0.3, 0.4) is 0 Å². The highest BCUT2D eigenvalue weighted by Crippen LogP contribution is 2.28. The third-order valence-electron chi connectivity index (χ3n) is 2.70. The predicted octanol–water partition coefficient (Wildman–Crippen LogP) is 3.24. The number of aryl methyl sites for hydroxylation is 1. The van der Waals surface area contributed by atoms with Gasteiger partial charge >= 0.3 is 0 Å². The summed E-state index contributed by atoms with van der Waals surface area (Å²) in [6.07, 6.45) is 0.